The summed E-state index contributed by atoms with van der Waals surface area (Å²) in [7, 11) is 0. The summed E-state index contributed by atoms with van der Waals surface area (Å²) >= 11 is 0. The van der Waals surface area contributed by atoms with Crippen LogP contribution in [0.1, 0.15) is 16.1 Å². The van der Waals surface area contributed by atoms with Gasteiger partial charge in [0.1, 0.15) is 17.3 Å². The largest absolute Gasteiger partial charge is 0.508 e. The molecule has 0 atom stereocenters. The fourth-order valence-electron chi connectivity index (χ4n) is 1.29. The van der Waals surface area contributed by atoms with E-state index in [4.69, 9.17) is 9.52 Å². The van der Waals surface area contributed by atoms with Gasteiger partial charge in [-0.2, -0.15) is 5.10 Å². The SMILES string of the molecule is O=C(N/N=C/c1ccco1)c1ccc(O)cc1O. The number of hydrazone groups is 1. The van der Waals surface area contributed by atoms with Crippen molar-refractivity contribution in [2.45, 2.75) is 0 Å². The Hall–Kier alpha value is -2.76. The highest BCUT2D eigenvalue weighted by molar-refractivity contribution is 5.97. The summed E-state index contributed by atoms with van der Waals surface area (Å²) in [4.78, 5) is 11.6. The molecule has 0 saturated heterocycles. The van der Waals surface area contributed by atoms with E-state index in [1.807, 2.05) is 0 Å². The van der Waals surface area contributed by atoms with Gasteiger partial charge in [-0.3, -0.25) is 4.79 Å². The molecule has 92 valence electrons. The summed E-state index contributed by atoms with van der Waals surface area (Å²) < 4.78 is 4.98. The molecule has 1 heterocycles. The van der Waals surface area contributed by atoms with Crippen molar-refractivity contribution < 1.29 is 19.4 Å². The zero-order valence-corrected chi connectivity index (χ0v) is 9.20. The average Bonchev–Trinajstić information content (AvgIpc) is 2.81. The number of nitrogens with zero attached hydrogens (tertiary/aromatic N) is 1. The molecule has 1 amide bonds. The molecule has 0 saturated carbocycles. The molecule has 0 aliphatic carbocycles. The van der Waals surface area contributed by atoms with Crippen LogP contribution >= 0.6 is 0 Å². The van der Waals surface area contributed by atoms with E-state index < -0.39 is 5.91 Å². The summed E-state index contributed by atoms with van der Waals surface area (Å²) in [6.45, 7) is 0. The van der Waals surface area contributed by atoms with Gasteiger partial charge in [0.25, 0.3) is 5.91 Å². The monoisotopic (exact) mass is 246 g/mol. The van der Waals surface area contributed by atoms with Crippen LogP contribution in [-0.4, -0.2) is 22.3 Å². The van der Waals surface area contributed by atoms with Crippen molar-refractivity contribution in [3.05, 3.63) is 47.9 Å². The maximum atomic E-state index is 11.6. The molecule has 0 radical (unpaired) electrons. The van der Waals surface area contributed by atoms with Gasteiger partial charge in [-0.25, -0.2) is 5.43 Å². The fraction of sp³-hybridized carbons (Fsp3) is 0. The van der Waals surface area contributed by atoms with E-state index in [1.54, 1.807) is 12.1 Å². The number of phenolic OH excluding ortho intramolecular Hbond substituents is 2. The second kappa shape index (κ2) is 5.05. The second-order valence-electron chi connectivity index (χ2n) is 3.42. The number of carbonyl (C=O) groups is 1. The normalized spacial score (nSPS) is 10.7. The quantitative estimate of drug-likeness (QED) is 0.564. The highest BCUT2D eigenvalue weighted by Gasteiger charge is 2.10. The Bertz CT molecular complexity index is 576. The van der Waals surface area contributed by atoms with Crippen LogP contribution in [0.4, 0.5) is 0 Å². The van der Waals surface area contributed by atoms with Gasteiger partial charge in [0.2, 0.25) is 0 Å². The number of furan rings is 1. The minimum absolute atomic E-state index is 0.0180. The van der Waals surface area contributed by atoms with E-state index in [0.29, 0.717) is 5.76 Å². The number of hydrogen-bond acceptors (Lipinski definition) is 5. The molecule has 0 aliphatic rings. The van der Waals surface area contributed by atoms with Crippen molar-refractivity contribution in [2.24, 2.45) is 5.10 Å². The molecule has 0 spiro atoms. The van der Waals surface area contributed by atoms with E-state index in [-0.39, 0.29) is 17.1 Å². The van der Waals surface area contributed by atoms with E-state index in [9.17, 15) is 9.90 Å². The first-order valence-electron chi connectivity index (χ1n) is 5.06. The van der Waals surface area contributed by atoms with Crippen molar-refractivity contribution in [1.29, 1.82) is 0 Å². The fourth-order valence-corrected chi connectivity index (χ4v) is 1.29. The van der Waals surface area contributed by atoms with Gasteiger partial charge in [-0.1, -0.05) is 0 Å². The van der Waals surface area contributed by atoms with E-state index >= 15 is 0 Å². The standard InChI is InChI=1S/C12H10N2O4/c15-8-3-4-10(11(16)6-8)12(17)14-13-7-9-2-1-5-18-9/h1-7,15-16H,(H,14,17)/b13-7+. The van der Waals surface area contributed by atoms with Gasteiger partial charge in [0, 0.05) is 6.07 Å². The van der Waals surface area contributed by atoms with E-state index in [0.717, 1.165) is 6.07 Å². The molecule has 1 aromatic carbocycles. The van der Waals surface area contributed by atoms with Crippen LogP contribution in [0.15, 0.2) is 46.1 Å². The number of hydrogen-bond donors (Lipinski definition) is 3. The molecule has 1 aromatic heterocycles. The van der Waals surface area contributed by atoms with Crippen LogP contribution < -0.4 is 5.43 Å². The number of phenols is 2. The molecule has 18 heavy (non-hydrogen) atoms. The molecule has 6 heteroatoms. The van der Waals surface area contributed by atoms with Crippen LogP contribution in [0, 0.1) is 0 Å². The molecule has 6 nitrogen and oxygen atoms in total. The minimum Gasteiger partial charge on any atom is -0.508 e. The maximum Gasteiger partial charge on any atom is 0.275 e. The van der Waals surface area contributed by atoms with Crippen molar-refractivity contribution >= 4 is 12.1 Å². The third-order valence-corrected chi connectivity index (χ3v) is 2.13. The van der Waals surface area contributed by atoms with Crippen molar-refractivity contribution in [1.82, 2.24) is 5.43 Å². The Balaban J connectivity index is 2.04. The van der Waals surface area contributed by atoms with Gasteiger partial charge in [0.05, 0.1) is 18.0 Å². The zero-order chi connectivity index (χ0) is 13.0. The zero-order valence-electron chi connectivity index (χ0n) is 9.20. The molecule has 0 fully saturated rings. The van der Waals surface area contributed by atoms with Crippen molar-refractivity contribution in [2.75, 3.05) is 0 Å². The summed E-state index contributed by atoms with van der Waals surface area (Å²) in [5.74, 6) is -0.538. The van der Waals surface area contributed by atoms with Gasteiger partial charge in [0.15, 0.2) is 0 Å². The maximum absolute atomic E-state index is 11.6. The first-order chi connectivity index (χ1) is 8.66. The number of amides is 1. The molecule has 0 unspecified atom stereocenters. The molecular weight excluding hydrogens is 236 g/mol. The van der Waals surface area contributed by atoms with E-state index in [1.165, 1.54) is 24.6 Å². The number of rotatable bonds is 3. The lowest BCUT2D eigenvalue weighted by atomic mass is 10.2. The summed E-state index contributed by atoms with van der Waals surface area (Å²) in [5, 5.41) is 22.2. The highest BCUT2D eigenvalue weighted by atomic mass is 16.3. The second-order valence-corrected chi connectivity index (χ2v) is 3.42. The third-order valence-electron chi connectivity index (χ3n) is 2.13. The molecular formula is C12H10N2O4. The lowest BCUT2D eigenvalue weighted by Gasteiger charge is -2.02. The lowest BCUT2D eigenvalue weighted by Crippen LogP contribution is -2.17. The van der Waals surface area contributed by atoms with Crippen LogP contribution in [-0.2, 0) is 0 Å². The van der Waals surface area contributed by atoms with Gasteiger partial charge in [-0.15, -0.1) is 0 Å². The predicted octanol–water partition coefficient (Wildman–Crippen LogP) is 1.45. The Labute approximate surface area is 102 Å². The van der Waals surface area contributed by atoms with Crippen LogP contribution in [0.3, 0.4) is 0 Å². The molecule has 0 bridgehead atoms. The average molecular weight is 246 g/mol. The summed E-state index contributed by atoms with van der Waals surface area (Å²) in [6, 6.07) is 7.03. The van der Waals surface area contributed by atoms with E-state index in [2.05, 4.69) is 10.5 Å². The number of aromatic hydroxyl groups is 2. The molecule has 2 aromatic rings. The molecule has 3 N–H and O–H groups in total. The van der Waals surface area contributed by atoms with Crippen LogP contribution in [0.25, 0.3) is 0 Å². The smallest absolute Gasteiger partial charge is 0.275 e. The van der Waals surface area contributed by atoms with Crippen LogP contribution in [0.2, 0.25) is 0 Å². The highest BCUT2D eigenvalue weighted by Crippen LogP contribution is 2.22. The van der Waals surface area contributed by atoms with Crippen molar-refractivity contribution in [3.8, 4) is 11.5 Å². The third kappa shape index (κ3) is 2.67. The van der Waals surface area contributed by atoms with Gasteiger partial charge in [-0.05, 0) is 24.3 Å². The number of benzene rings is 1. The first kappa shape index (κ1) is 11.7. The Kier molecular flexibility index (Phi) is 3.29. The topological polar surface area (TPSA) is 95.1 Å². The molecule has 0 aliphatic heterocycles. The van der Waals surface area contributed by atoms with Crippen LogP contribution in [0.5, 0.6) is 11.5 Å². The number of carbonyl (C=O) groups excluding carboxylic acids is 1. The Morgan fingerprint density at radius 1 is 1.33 bits per heavy atom. The van der Waals surface area contributed by atoms with Gasteiger partial charge >= 0.3 is 0 Å². The molecule has 2 rings (SSSR count). The number of nitrogens with one attached hydrogen (secondary N) is 1. The minimum atomic E-state index is -0.588. The lowest BCUT2D eigenvalue weighted by molar-refractivity contribution is 0.0952. The summed E-state index contributed by atoms with van der Waals surface area (Å²) in [5.41, 5.74) is 2.24. The first-order valence-corrected chi connectivity index (χ1v) is 5.06. The summed E-state index contributed by atoms with van der Waals surface area (Å²) in [6.07, 6.45) is 2.81. The van der Waals surface area contributed by atoms with Gasteiger partial charge < -0.3 is 14.6 Å². The Morgan fingerprint density at radius 2 is 2.17 bits per heavy atom. The predicted molar refractivity (Wildman–Crippen MR) is 63.5 cm³/mol. The van der Waals surface area contributed by atoms with Crippen molar-refractivity contribution in [3.63, 3.8) is 0 Å². The Morgan fingerprint density at radius 3 is 2.83 bits per heavy atom.